The van der Waals surface area contributed by atoms with Crippen molar-refractivity contribution in [3.8, 4) is 6.07 Å². The largest absolute Gasteiger partial charge is 0.349 e. The number of hydrogen-bond acceptors (Lipinski definition) is 2. The highest BCUT2D eigenvalue weighted by Crippen LogP contribution is 2.20. The molecule has 0 unspecified atom stereocenters. The van der Waals surface area contributed by atoms with Crippen LogP contribution in [-0.2, 0) is 4.79 Å². The van der Waals surface area contributed by atoms with Gasteiger partial charge in [-0.25, -0.2) is 0 Å². The summed E-state index contributed by atoms with van der Waals surface area (Å²) in [5.74, 6) is -0.214. The lowest BCUT2D eigenvalue weighted by atomic mass is 9.92. The standard InChI is InChI=1S/C14H22N2O/c1-14(2,3)9-11(10-15)13(17)16-12-7-5-4-6-8-12/h9,12H,4-8H2,1-3H3,(H,16,17)/b11-9+. The molecule has 1 rings (SSSR count). The van der Waals surface area contributed by atoms with E-state index in [4.69, 9.17) is 5.26 Å². The molecule has 0 heterocycles. The molecule has 1 aliphatic carbocycles. The monoisotopic (exact) mass is 234 g/mol. The van der Waals surface area contributed by atoms with Gasteiger partial charge in [0.15, 0.2) is 0 Å². The molecule has 1 fully saturated rings. The summed E-state index contributed by atoms with van der Waals surface area (Å²) in [6, 6.07) is 2.25. The maximum atomic E-state index is 11.9. The third-order valence-electron chi connectivity index (χ3n) is 2.88. The van der Waals surface area contributed by atoms with Crippen molar-refractivity contribution in [3.63, 3.8) is 0 Å². The van der Waals surface area contributed by atoms with Crippen LogP contribution >= 0.6 is 0 Å². The lowest BCUT2D eigenvalue weighted by molar-refractivity contribution is -0.118. The van der Waals surface area contributed by atoms with Crippen LogP contribution in [0.3, 0.4) is 0 Å². The smallest absolute Gasteiger partial charge is 0.261 e. The van der Waals surface area contributed by atoms with Crippen molar-refractivity contribution >= 4 is 5.91 Å². The first kappa shape index (κ1) is 13.8. The van der Waals surface area contributed by atoms with Gasteiger partial charge in [-0.05, 0) is 18.3 Å². The maximum Gasteiger partial charge on any atom is 0.261 e. The van der Waals surface area contributed by atoms with Crippen LogP contribution in [0, 0.1) is 16.7 Å². The number of rotatable bonds is 2. The Balaban J connectivity index is 2.61. The van der Waals surface area contributed by atoms with Crippen LogP contribution in [-0.4, -0.2) is 11.9 Å². The van der Waals surface area contributed by atoms with Crippen molar-refractivity contribution in [3.05, 3.63) is 11.6 Å². The summed E-state index contributed by atoms with van der Waals surface area (Å²) in [4.78, 5) is 11.9. The molecule has 3 nitrogen and oxygen atoms in total. The fourth-order valence-electron chi connectivity index (χ4n) is 2.09. The Bertz CT molecular complexity index is 338. The van der Waals surface area contributed by atoms with Crippen molar-refractivity contribution < 1.29 is 4.79 Å². The minimum Gasteiger partial charge on any atom is -0.349 e. The van der Waals surface area contributed by atoms with Gasteiger partial charge in [-0.3, -0.25) is 4.79 Å². The van der Waals surface area contributed by atoms with E-state index >= 15 is 0 Å². The molecule has 0 aliphatic heterocycles. The molecule has 94 valence electrons. The summed E-state index contributed by atoms with van der Waals surface area (Å²) >= 11 is 0. The number of nitrogens with one attached hydrogen (secondary N) is 1. The molecule has 0 bridgehead atoms. The molecule has 0 aromatic carbocycles. The van der Waals surface area contributed by atoms with E-state index in [2.05, 4.69) is 5.32 Å². The quantitative estimate of drug-likeness (QED) is 0.590. The van der Waals surface area contributed by atoms with Gasteiger partial charge in [0.25, 0.3) is 5.91 Å². The van der Waals surface area contributed by atoms with Gasteiger partial charge in [0, 0.05) is 6.04 Å². The van der Waals surface area contributed by atoms with Crippen molar-refractivity contribution in [2.45, 2.75) is 58.9 Å². The molecule has 0 radical (unpaired) electrons. The van der Waals surface area contributed by atoms with Gasteiger partial charge < -0.3 is 5.32 Å². The zero-order valence-electron chi connectivity index (χ0n) is 11.0. The van der Waals surface area contributed by atoms with E-state index < -0.39 is 0 Å². The number of amides is 1. The number of carbonyl (C=O) groups excluding carboxylic acids is 1. The molecular weight excluding hydrogens is 212 g/mol. The molecule has 1 aliphatic rings. The van der Waals surface area contributed by atoms with Crippen LogP contribution in [0.2, 0.25) is 0 Å². The van der Waals surface area contributed by atoms with Gasteiger partial charge in [0.05, 0.1) is 0 Å². The summed E-state index contributed by atoms with van der Waals surface area (Å²) in [6.07, 6.45) is 7.44. The highest BCUT2D eigenvalue weighted by molar-refractivity contribution is 5.97. The highest BCUT2D eigenvalue weighted by atomic mass is 16.1. The van der Waals surface area contributed by atoms with Crippen LogP contribution < -0.4 is 5.32 Å². The van der Waals surface area contributed by atoms with Gasteiger partial charge in [-0.15, -0.1) is 0 Å². The topological polar surface area (TPSA) is 52.9 Å². The summed E-state index contributed by atoms with van der Waals surface area (Å²) in [6.45, 7) is 5.95. The number of nitriles is 1. The molecule has 0 saturated heterocycles. The average Bonchev–Trinajstić information content (AvgIpc) is 2.26. The van der Waals surface area contributed by atoms with E-state index in [0.717, 1.165) is 12.8 Å². The molecule has 0 atom stereocenters. The summed E-state index contributed by atoms with van der Waals surface area (Å²) < 4.78 is 0. The molecule has 1 amide bonds. The Morgan fingerprint density at radius 2 is 1.88 bits per heavy atom. The average molecular weight is 234 g/mol. The SMILES string of the molecule is CC(C)(C)/C=C(\C#N)C(=O)NC1CCCCC1. The van der Waals surface area contributed by atoms with Gasteiger partial charge in [-0.1, -0.05) is 46.1 Å². The van der Waals surface area contributed by atoms with Crippen molar-refractivity contribution in [2.75, 3.05) is 0 Å². The Labute approximate surface area is 104 Å². The van der Waals surface area contributed by atoms with E-state index in [9.17, 15) is 4.79 Å². The lowest BCUT2D eigenvalue weighted by Crippen LogP contribution is -2.37. The van der Waals surface area contributed by atoms with E-state index in [1.54, 1.807) is 6.08 Å². The zero-order valence-corrected chi connectivity index (χ0v) is 11.0. The van der Waals surface area contributed by atoms with Crippen molar-refractivity contribution in [1.29, 1.82) is 5.26 Å². The number of allylic oxidation sites excluding steroid dienone is 1. The second-order valence-electron chi connectivity index (χ2n) is 5.84. The Morgan fingerprint density at radius 3 is 2.35 bits per heavy atom. The molecule has 17 heavy (non-hydrogen) atoms. The Kier molecular flexibility index (Phi) is 4.74. The Hall–Kier alpha value is -1.30. The van der Waals surface area contributed by atoms with E-state index in [1.165, 1.54) is 19.3 Å². The third-order valence-corrected chi connectivity index (χ3v) is 2.88. The Morgan fingerprint density at radius 1 is 1.29 bits per heavy atom. The van der Waals surface area contributed by atoms with Gasteiger partial charge in [0.2, 0.25) is 0 Å². The molecule has 3 heteroatoms. The summed E-state index contributed by atoms with van der Waals surface area (Å²) in [7, 11) is 0. The second-order valence-corrected chi connectivity index (χ2v) is 5.84. The van der Waals surface area contributed by atoms with Gasteiger partial charge >= 0.3 is 0 Å². The fourth-order valence-corrected chi connectivity index (χ4v) is 2.09. The number of carbonyl (C=O) groups is 1. The first-order valence-electron chi connectivity index (χ1n) is 6.36. The molecule has 1 N–H and O–H groups in total. The van der Waals surface area contributed by atoms with E-state index in [1.807, 2.05) is 26.8 Å². The predicted molar refractivity (Wildman–Crippen MR) is 68.2 cm³/mol. The number of nitrogens with zero attached hydrogens (tertiary/aromatic N) is 1. The van der Waals surface area contributed by atoms with Crippen LogP contribution in [0.25, 0.3) is 0 Å². The summed E-state index contributed by atoms with van der Waals surface area (Å²) in [5, 5.41) is 12.0. The molecule has 0 aromatic rings. The van der Waals surface area contributed by atoms with Gasteiger partial charge in [0.1, 0.15) is 11.6 Å². The second kappa shape index (κ2) is 5.86. The van der Waals surface area contributed by atoms with Crippen molar-refractivity contribution in [2.24, 2.45) is 5.41 Å². The first-order chi connectivity index (χ1) is 7.92. The van der Waals surface area contributed by atoms with Gasteiger partial charge in [-0.2, -0.15) is 5.26 Å². The maximum absolute atomic E-state index is 11.9. The molecule has 0 aromatic heterocycles. The van der Waals surface area contributed by atoms with E-state index in [0.29, 0.717) is 0 Å². The van der Waals surface area contributed by atoms with Crippen LogP contribution in [0.4, 0.5) is 0 Å². The third kappa shape index (κ3) is 5.04. The van der Waals surface area contributed by atoms with Crippen LogP contribution in [0.5, 0.6) is 0 Å². The number of hydrogen-bond donors (Lipinski definition) is 1. The lowest BCUT2D eigenvalue weighted by Gasteiger charge is -2.23. The first-order valence-corrected chi connectivity index (χ1v) is 6.36. The fraction of sp³-hybridized carbons (Fsp3) is 0.714. The van der Waals surface area contributed by atoms with Crippen LogP contribution in [0.1, 0.15) is 52.9 Å². The van der Waals surface area contributed by atoms with Crippen LogP contribution in [0.15, 0.2) is 11.6 Å². The molecule has 0 spiro atoms. The molecular formula is C14H22N2O. The van der Waals surface area contributed by atoms with Crippen molar-refractivity contribution in [1.82, 2.24) is 5.32 Å². The normalized spacial score (nSPS) is 18.6. The van der Waals surface area contributed by atoms with E-state index in [-0.39, 0.29) is 22.9 Å². The predicted octanol–water partition coefficient (Wildman–Crippen LogP) is 2.93. The minimum absolute atomic E-state index is 0.144. The summed E-state index contributed by atoms with van der Waals surface area (Å²) in [5.41, 5.74) is 0.0951. The molecule has 1 saturated carbocycles. The minimum atomic E-state index is -0.214. The highest BCUT2D eigenvalue weighted by Gasteiger charge is 2.19. The zero-order chi connectivity index (χ0) is 12.9.